The van der Waals surface area contributed by atoms with E-state index in [1.54, 1.807) is 0 Å². The van der Waals surface area contributed by atoms with Gasteiger partial charge in [-0.05, 0) is 43.9 Å². The topological polar surface area (TPSA) is 38.5 Å². The van der Waals surface area contributed by atoms with Gasteiger partial charge in [0.2, 0.25) is 0 Å². The molecule has 0 spiro atoms. The standard InChI is InChI=1S/C15H24N2O/c1-3-17(11-14-5-4-8-18-14)15-9-12(2)6-7-13(15)10-16/h6-7,9,14H,3-5,8,10-11,16H2,1-2H3. The molecule has 1 fully saturated rings. The Kier molecular flexibility index (Phi) is 4.61. The van der Waals surface area contributed by atoms with E-state index in [9.17, 15) is 0 Å². The first kappa shape index (κ1) is 13.4. The lowest BCUT2D eigenvalue weighted by atomic mass is 10.1. The van der Waals surface area contributed by atoms with Gasteiger partial charge in [-0.2, -0.15) is 0 Å². The van der Waals surface area contributed by atoms with Crippen molar-refractivity contribution in [1.29, 1.82) is 0 Å². The number of aryl methyl sites for hydroxylation is 1. The molecule has 0 bridgehead atoms. The van der Waals surface area contributed by atoms with Crippen LogP contribution in [0.3, 0.4) is 0 Å². The number of rotatable bonds is 5. The zero-order chi connectivity index (χ0) is 13.0. The molecule has 1 aromatic carbocycles. The van der Waals surface area contributed by atoms with Crippen LogP contribution >= 0.6 is 0 Å². The van der Waals surface area contributed by atoms with Crippen LogP contribution in [0.4, 0.5) is 5.69 Å². The van der Waals surface area contributed by atoms with Crippen LogP contribution in [-0.2, 0) is 11.3 Å². The fourth-order valence-corrected chi connectivity index (χ4v) is 2.57. The minimum absolute atomic E-state index is 0.385. The summed E-state index contributed by atoms with van der Waals surface area (Å²) in [6.45, 7) is 7.81. The lowest BCUT2D eigenvalue weighted by Gasteiger charge is -2.28. The molecule has 0 radical (unpaired) electrons. The van der Waals surface area contributed by atoms with Crippen LogP contribution < -0.4 is 10.6 Å². The second-order valence-corrected chi connectivity index (χ2v) is 5.01. The maximum absolute atomic E-state index is 5.84. The van der Waals surface area contributed by atoms with Gasteiger partial charge in [-0.1, -0.05) is 12.1 Å². The predicted octanol–water partition coefficient (Wildman–Crippen LogP) is 2.46. The molecule has 0 aliphatic carbocycles. The molecule has 0 saturated carbocycles. The van der Waals surface area contributed by atoms with E-state index in [1.807, 2.05) is 0 Å². The number of nitrogens with zero attached hydrogens (tertiary/aromatic N) is 1. The molecule has 100 valence electrons. The average molecular weight is 248 g/mol. The molecule has 1 aliphatic heterocycles. The summed E-state index contributed by atoms with van der Waals surface area (Å²) in [7, 11) is 0. The molecule has 0 amide bonds. The van der Waals surface area contributed by atoms with Crippen molar-refractivity contribution in [1.82, 2.24) is 0 Å². The van der Waals surface area contributed by atoms with Crippen LogP contribution in [0.2, 0.25) is 0 Å². The SMILES string of the molecule is CCN(CC1CCCO1)c1cc(C)ccc1CN. The second kappa shape index (κ2) is 6.21. The molecular weight excluding hydrogens is 224 g/mol. The number of nitrogens with two attached hydrogens (primary N) is 1. The monoisotopic (exact) mass is 248 g/mol. The van der Waals surface area contributed by atoms with E-state index in [2.05, 4.69) is 36.9 Å². The summed E-state index contributed by atoms with van der Waals surface area (Å²) in [5.74, 6) is 0. The fourth-order valence-electron chi connectivity index (χ4n) is 2.57. The Morgan fingerprint density at radius 3 is 2.89 bits per heavy atom. The Labute approximate surface area is 110 Å². The summed E-state index contributed by atoms with van der Waals surface area (Å²) in [6.07, 6.45) is 2.76. The Morgan fingerprint density at radius 1 is 1.44 bits per heavy atom. The zero-order valence-electron chi connectivity index (χ0n) is 11.5. The van der Waals surface area contributed by atoms with E-state index in [1.165, 1.54) is 29.7 Å². The van der Waals surface area contributed by atoms with Crippen molar-refractivity contribution in [2.45, 2.75) is 39.3 Å². The van der Waals surface area contributed by atoms with Gasteiger partial charge in [0.1, 0.15) is 0 Å². The summed E-state index contributed by atoms with van der Waals surface area (Å²) in [5, 5.41) is 0. The second-order valence-electron chi connectivity index (χ2n) is 5.01. The number of hydrogen-bond acceptors (Lipinski definition) is 3. The molecule has 2 rings (SSSR count). The van der Waals surface area contributed by atoms with Crippen LogP contribution in [0, 0.1) is 6.92 Å². The average Bonchev–Trinajstić information content (AvgIpc) is 2.88. The van der Waals surface area contributed by atoms with Crippen molar-refractivity contribution in [3.05, 3.63) is 29.3 Å². The third-order valence-corrected chi connectivity index (χ3v) is 3.63. The van der Waals surface area contributed by atoms with Crippen molar-refractivity contribution >= 4 is 5.69 Å². The summed E-state index contributed by atoms with van der Waals surface area (Å²) in [5.41, 5.74) is 9.62. The lowest BCUT2D eigenvalue weighted by Crippen LogP contribution is -2.33. The molecule has 3 heteroatoms. The third-order valence-electron chi connectivity index (χ3n) is 3.63. The van der Waals surface area contributed by atoms with Gasteiger partial charge in [0.15, 0.2) is 0 Å². The highest BCUT2D eigenvalue weighted by molar-refractivity contribution is 5.55. The largest absolute Gasteiger partial charge is 0.376 e. The van der Waals surface area contributed by atoms with Gasteiger partial charge < -0.3 is 15.4 Å². The van der Waals surface area contributed by atoms with E-state index >= 15 is 0 Å². The highest BCUT2D eigenvalue weighted by Crippen LogP contribution is 2.24. The maximum Gasteiger partial charge on any atom is 0.0750 e. The van der Waals surface area contributed by atoms with E-state index in [0.29, 0.717) is 12.6 Å². The minimum atomic E-state index is 0.385. The smallest absolute Gasteiger partial charge is 0.0750 e. The maximum atomic E-state index is 5.84. The van der Waals surface area contributed by atoms with Crippen molar-refractivity contribution in [3.63, 3.8) is 0 Å². The normalized spacial score (nSPS) is 19.2. The predicted molar refractivity (Wildman–Crippen MR) is 75.9 cm³/mol. The van der Waals surface area contributed by atoms with E-state index in [4.69, 9.17) is 10.5 Å². The van der Waals surface area contributed by atoms with E-state index in [-0.39, 0.29) is 0 Å². The molecule has 2 N–H and O–H groups in total. The summed E-state index contributed by atoms with van der Waals surface area (Å²) < 4.78 is 5.74. The molecule has 1 aliphatic rings. The summed E-state index contributed by atoms with van der Waals surface area (Å²) in [4.78, 5) is 2.39. The molecule has 1 saturated heterocycles. The van der Waals surface area contributed by atoms with Crippen LogP contribution in [0.15, 0.2) is 18.2 Å². The minimum Gasteiger partial charge on any atom is -0.376 e. The Hall–Kier alpha value is -1.06. The number of benzene rings is 1. The molecule has 0 aromatic heterocycles. The van der Waals surface area contributed by atoms with Gasteiger partial charge in [0, 0.05) is 31.9 Å². The highest BCUT2D eigenvalue weighted by Gasteiger charge is 2.19. The van der Waals surface area contributed by atoms with Crippen molar-refractivity contribution in [2.75, 3.05) is 24.6 Å². The van der Waals surface area contributed by atoms with Crippen LogP contribution in [0.5, 0.6) is 0 Å². The molecule has 18 heavy (non-hydrogen) atoms. The molecule has 1 heterocycles. The third kappa shape index (κ3) is 3.03. The van der Waals surface area contributed by atoms with E-state index in [0.717, 1.165) is 19.7 Å². The van der Waals surface area contributed by atoms with Gasteiger partial charge in [-0.25, -0.2) is 0 Å². The van der Waals surface area contributed by atoms with Crippen LogP contribution in [0.25, 0.3) is 0 Å². The number of ether oxygens (including phenoxy) is 1. The first-order valence-corrected chi connectivity index (χ1v) is 6.90. The molecule has 1 aromatic rings. The zero-order valence-corrected chi connectivity index (χ0v) is 11.5. The Bertz CT molecular complexity index is 386. The van der Waals surface area contributed by atoms with Crippen LogP contribution in [0.1, 0.15) is 30.9 Å². The van der Waals surface area contributed by atoms with Gasteiger partial charge in [-0.3, -0.25) is 0 Å². The van der Waals surface area contributed by atoms with Gasteiger partial charge in [0.25, 0.3) is 0 Å². The molecular formula is C15H24N2O. The van der Waals surface area contributed by atoms with Gasteiger partial charge in [0.05, 0.1) is 6.10 Å². The Morgan fingerprint density at radius 2 is 2.28 bits per heavy atom. The molecule has 1 atom stereocenters. The fraction of sp³-hybridized carbons (Fsp3) is 0.600. The quantitative estimate of drug-likeness (QED) is 0.870. The van der Waals surface area contributed by atoms with Crippen molar-refractivity contribution in [3.8, 4) is 0 Å². The summed E-state index contributed by atoms with van der Waals surface area (Å²) in [6, 6.07) is 6.51. The van der Waals surface area contributed by atoms with Gasteiger partial charge >= 0.3 is 0 Å². The molecule has 3 nitrogen and oxygen atoms in total. The van der Waals surface area contributed by atoms with Crippen LogP contribution in [-0.4, -0.2) is 25.8 Å². The number of hydrogen-bond donors (Lipinski definition) is 1. The number of anilines is 1. The van der Waals surface area contributed by atoms with Crippen molar-refractivity contribution < 1.29 is 4.74 Å². The number of likely N-dealkylation sites (N-methyl/N-ethyl adjacent to an activating group) is 1. The molecule has 1 unspecified atom stereocenters. The van der Waals surface area contributed by atoms with Crippen molar-refractivity contribution in [2.24, 2.45) is 5.73 Å². The summed E-state index contributed by atoms with van der Waals surface area (Å²) >= 11 is 0. The first-order valence-electron chi connectivity index (χ1n) is 6.90. The Balaban J connectivity index is 2.17. The highest BCUT2D eigenvalue weighted by atomic mass is 16.5. The lowest BCUT2D eigenvalue weighted by molar-refractivity contribution is 0.115. The van der Waals surface area contributed by atoms with E-state index < -0.39 is 0 Å². The van der Waals surface area contributed by atoms with Gasteiger partial charge in [-0.15, -0.1) is 0 Å². The first-order chi connectivity index (χ1) is 8.74.